The van der Waals surface area contributed by atoms with Crippen LogP contribution in [0.3, 0.4) is 0 Å². The van der Waals surface area contributed by atoms with Crippen LogP contribution in [0.1, 0.15) is 44.3 Å². The molecule has 2 heterocycles. The molecule has 5 heteroatoms. The Kier molecular flexibility index (Phi) is 2.40. The van der Waals surface area contributed by atoms with Gasteiger partial charge in [-0.05, 0) is 19.3 Å². The van der Waals surface area contributed by atoms with E-state index in [1.54, 1.807) is 0 Å². The number of rotatable bonds is 4. The lowest BCUT2D eigenvalue weighted by molar-refractivity contribution is 0.00337. The van der Waals surface area contributed by atoms with Gasteiger partial charge in [-0.1, -0.05) is 13.3 Å². The predicted molar refractivity (Wildman–Crippen MR) is 64.0 cm³/mol. The summed E-state index contributed by atoms with van der Waals surface area (Å²) >= 11 is 1.47. The molecule has 0 unspecified atom stereocenters. The molecule has 1 N–H and O–H groups in total. The van der Waals surface area contributed by atoms with Gasteiger partial charge in [0.1, 0.15) is 5.82 Å². The molecule has 0 bridgehead atoms. The number of aliphatic hydroxyl groups is 1. The average Bonchev–Trinajstić information content (AvgIpc) is 2.94. The molecule has 1 aromatic heterocycles. The Morgan fingerprint density at radius 3 is 2.88 bits per heavy atom. The normalized spacial score (nSPS) is 23.2. The minimum absolute atomic E-state index is 0.472. The highest BCUT2D eigenvalue weighted by molar-refractivity contribution is 7.09. The third-order valence-corrected chi connectivity index (χ3v) is 4.12. The highest BCUT2D eigenvalue weighted by Gasteiger charge is 2.42. The zero-order valence-electron chi connectivity index (χ0n) is 9.52. The van der Waals surface area contributed by atoms with Gasteiger partial charge in [0.25, 0.3) is 0 Å². The predicted octanol–water partition coefficient (Wildman–Crippen LogP) is 1.77. The van der Waals surface area contributed by atoms with Gasteiger partial charge in [0.15, 0.2) is 0 Å². The van der Waals surface area contributed by atoms with E-state index in [-0.39, 0.29) is 0 Å². The van der Waals surface area contributed by atoms with Gasteiger partial charge < -0.3 is 10.0 Å². The van der Waals surface area contributed by atoms with Crippen molar-refractivity contribution in [2.24, 2.45) is 0 Å². The Bertz CT molecular complexity index is 382. The zero-order chi connectivity index (χ0) is 11.2. The Balaban J connectivity index is 1.62. The van der Waals surface area contributed by atoms with Crippen LogP contribution in [-0.2, 0) is 0 Å². The molecular formula is C11H17N3OS. The first kappa shape index (κ1) is 10.5. The first-order valence-corrected chi connectivity index (χ1v) is 6.78. The van der Waals surface area contributed by atoms with Gasteiger partial charge in [0.2, 0.25) is 5.13 Å². The number of hydrogen-bond acceptors (Lipinski definition) is 5. The van der Waals surface area contributed by atoms with Crippen molar-refractivity contribution in [3.63, 3.8) is 0 Å². The summed E-state index contributed by atoms with van der Waals surface area (Å²) in [4.78, 5) is 6.68. The van der Waals surface area contributed by atoms with Crippen molar-refractivity contribution in [1.82, 2.24) is 9.36 Å². The fourth-order valence-electron chi connectivity index (χ4n) is 2.29. The second-order valence-corrected chi connectivity index (χ2v) is 5.77. The number of anilines is 1. The van der Waals surface area contributed by atoms with Crippen LogP contribution in [0.25, 0.3) is 0 Å². The molecule has 16 heavy (non-hydrogen) atoms. The molecule has 0 atom stereocenters. The molecule has 4 nitrogen and oxygen atoms in total. The van der Waals surface area contributed by atoms with Crippen molar-refractivity contribution in [3.05, 3.63) is 5.82 Å². The summed E-state index contributed by atoms with van der Waals surface area (Å²) in [6.07, 6.45) is 4.41. The molecule has 1 aromatic rings. The molecule has 1 saturated carbocycles. The standard InChI is InChI=1S/C11H17N3OS/c1-2-5-11(15)6-14(7-11)10-12-9(13-16-10)8-3-4-8/h8,15H,2-7H2,1H3. The summed E-state index contributed by atoms with van der Waals surface area (Å²) < 4.78 is 4.38. The molecule has 2 aliphatic rings. The smallest absolute Gasteiger partial charge is 0.205 e. The van der Waals surface area contributed by atoms with Crippen LogP contribution < -0.4 is 4.90 Å². The van der Waals surface area contributed by atoms with Crippen LogP contribution in [0.4, 0.5) is 5.13 Å². The van der Waals surface area contributed by atoms with Gasteiger partial charge >= 0.3 is 0 Å². The number of hydrogen-bond donors (Lipinski definition) is 1. The van der Waals surface area contributed by atoms with E-state index in [2.05, 4.69) is 21.2 Å². The second-order valence-electron chi connectivity index (χ2n) is 5.04. The van der Waals surface area contributed by atoms with Crippen LogP contribution in [0.2, 0.25) is 0 Å². The van der Waals surface area contributed by atoms with Crippen molar-refractivity contribution in [2.45, 2.75) is 44.1 Å². The molecule has 3 rings (SSSR count). The van der Waals surface area contributed by atoms with Crippen LogP contribution in [0, 0.1) is 0 Å². The Morgan fingerprint density at radius 2 is 2.25 bits per heavy atom. The molecule has 88 valence electrons. The number of aromatic nitrogens is 2. The Morgan fingerprint density at radius 1 is 1.50 bits per heavy atom. The van der Waals surface area contributed by atoms with Crippen molar-refractivity contribution in [1.29, 1.82) is 0 Å². The zero-order valence-corrected chi connectivity index (χ0v) is 10.3. The Labute approximate surface area is 99.5 Å². The van der Waals surface area contributed by atoms with Crippen LogP contribution in [0.5, 0.6) is 0 Å². The van der Waals surface area contributed by atoms with Gasteiger partial charge in [-0.25, -0.2) is 4.98 Å². The highest BCUT2D eigenvalue weighted by Crippen LogP contribution is 2.40. The van der Waals surface area contributed by atoms with Gasteiger partial charge in [0, 0.05) is 17.5 Å². The Hall–Kier alpha value is -0.680. The molecule has 0 spiro atoms. The van der Waals surface area contributed by atoms with Gasteiger partial charge in [-0.3, -0.25) is 0 Å². The minimum Gasteiger partial charge on any atom is -0.386 e. The SMILES string of the molecule is CCCC1(O)CN(c2nc(C3CC3)ns2)C1. The van der Waals surface area contributed by atoms with Gasteiger partial charge in [-0.15, -0.1) is 0 Å². The van der Waals surface area contributed by atoms with E-state index in [1.165, 1.54) is 24.4 Å². The van der Waals surface area contributed by atoms with Gasteiger partial charge in [-0.2, -0.15) is 4.37 Å². The monoisotopic (exact) mass is 239 g/mol. The lowest BCUT2D eigenvalue weighted by Gasteiger charge is -2.46. The van der Waals surface area contributed by atoms with E-state index in [0.29, 0.717) is 5.92 Å². The second kappa shape index (κ2) is 3.67. The maximum atomic E-state index is 10.1. The summed E-state index contributed by atoms with van der Waals surface area (Å²) in [5.41, 5.74) is -0.472. The molecule has 0 aromatic carbocycles. The molecular weight excluding hydrogens is 222 g/mol. The maximum absolute atomic E-state index is 10.1. The number of nitrogens with zero attached hydrogens (tertiary/aromatic N) is 3. The van der Waals surface area contributed by atoms with E-state index in [0.717, 1.165) is 36.9 Å². The third kappa shape index (κ3) is 1.82. The number of β-amino-alcohol motifs (C(OH)–C–C–N with tert-alkyl or cyclic N) is 1. The van der Waals surface area contributed by atoms with Crippen molar-refractivity contribution < 1.29 is 5.11 Å². The van der Waals surface area contributed by atoms with Crippen LogP contribution in [-0.4, -0.2) is 33.2 Å². The minimum atomic E-state index is -0.472. The van der Waals surface area contributed by atoms with Crippen LogP contribution in [0.15, 0.2) is 0 Å². The summed E-state index contributed by atoms with van der Waals surface area (Å²) in [5, 5.41) is 11.1. The largest absolute Gasteiger partial charge is 0.386 e. The van der Waals surface area contributed by atoms with Crippen molar-refractivity contribution >= 4 is 16.7 Å². The van der Waals surface area contributed by atoms with Crippen LogP contribution >= 0.6 is 11.5 Å². The molecule has 1 aliphatic carbocycles. The van der Waals surface area contributed by atoms with E-state index in [9.17, 15) is 5.11 Å². The van der Waals surface area contributed by atoms with E-state index < -0.39 is 5.60 Å². The van der Waals surface area contributed by atoms with Crippen molar-refractivity contribution in [3.8, 4) is 0 Å². The van der Waals surface area contributed by atoms with E-state index in [1.807, 2.05) is 0 Å². The molecule has 0 radical (unpaired) electrons. The fraction of sp³-hybridized carbons (Fsp3) is 0.818. The lowest BCUT2D eigenvalue weighted by atomic mass is 9.90. The maximum Gasteiger partial charge on any atom is 0.205 e. The fourth-order valence-corrected chi connectivity index (χ4v) is 3.03. The first-order chi connectivity index (χ1) is 7.70. The molecule has 2 fully saturated rings. The highest BCUT2D eigenvalue weighted by atomic mass is 32.1. The van der Waals surface area contributed by atoms with E-state index in [4.69, 9.17) is 0 Å². The average molecular weight is 239 g/mol. The topological polar surface area (TPSA) is 49.2 Å². The van der Waals surface area contributed by atoms with Crippen molar-refractivity contribution in [2.75, 3.05) is 18.0 Å². The first-order valence-electron chi connectivity index (χ1n) is 6.01. The summed E-state index contributed by atoms with van der Waals surface area (Å²) in [6.45, 7) is 3.55. The van der Waals surface area contributed by atoms with E-state index >= 15 is 0 Å². The lowest BCUT2D eigenvalue weighted by Crippen LogP contribution is -2.61. The van der Waals surface area contributed by atoms with Gasteiger partial charge in [0.05, 0.1) is 18.7 Å². The molecule has 1 aliphatic heterocycles. The molecule has 1 saturated heterocycles. The summed E-state index contributed by atoms with van der Waals surface area (Å²) in [5.74, 6) is 1.65. The quantitative estimate of drug-likeness (QED) is 0.870. The molecule has 0 amide bonds. The summed E-state index contributed by atoms with van der Waals surface area (Å²) in [7, 11) is 0. The third-order valence-electron chi connectivity index (χ3n) is 3.33. The summed E-state index contributed by atoms with van der Waals surface area (Å²) in [6, 6.07) is 0.